The number of aliphatic hydroxyl groups excluding tert-OH is 2. The van der Waals surface area contributed by atoms with Crippen LogP contribution in [-0.4, -0.2) is 96.3 Å². The van der Waals surface area contributed by atoms with Gasteiger partial charge in [-0.2, -0.15) is 4.98 Å². The van der Waals surface area contributed by atoms with Crippen molar-refractivity contribution < 1.29 is 38.6 Å². The fourth-order valence-electron chi connectivity index (χ4n) is 3.10. The van der Waals surface area contributed by atoms with Crippen LogP contribution in [0.4, 0.5) is 0 Å². The van der Waals surface area contributed by atoms with Crippen LogP contribution in [0.15, 0.2) is 12.7 Å². The quantitative estimate of drug-likeness (QED) is 0.384. The summed E-state index contributed by atoms with van der Waals surface area (Å²) >= 11 is 0. The number of imidazole rings is 1. The number of phosphoric ester groups is 1. The average Bonchev–Trinajstić information content (AvgIpc) is 3.15. The molecule has 0 aromatic carbocycles. The first-order valence-electron chi connectivity index (χ1n) is 8.77. The van der Waals surface area contributed by atoms with Crippen LogP contribution >= 0.6 is 7.82 Å². The zero-order chi connectivity index (χ0) is 21.3. The first-order valence-corrected chi connectivity index (χ1v) is 10.3. The minimum absolute atomic E-state index is 0.0978. The molecule has 2 aromatic heterocycles. The van der Waals surface area contributed by atoms with E-state index in [2.05, 4.69) is 15.0 Å². The van der Waals surface area contributed by atoms with Gasteiger partial charge in [0.1, 0.15) is 24.6 Å². The third-order valence-corrected chi connectivity index (χ3v) is 5.39. The topological polar surface area (TPSA) is 173 Å². The molecular formula is C15H24N5O8P. The van der Waals surface area contributed by atoms with E-state index in [0.717, 1.165) is 6.33 Å². The van der Waals surface area contributed by atoms with Crippen LogP contribution in [0.1, 0.15) is 13.2 Å². The molecule has 29 heavy (non-hydrogen) atoms. The van der Waals surface area contributed by atoms with Crippen LogP contribution in [0.3, 0.4) is 0 Å². The van der Waals surface area contributed by atoms with Crippen molar-refractivity contribution in [3.63, 3.8) is 0 Å². The Morgan fingerprint density at radius 3 is 2.72 bits per heavy atom. The molecule has 3 rings (SSSR count). The maximum Gasteiger partial charge on any atom is 0.472 e. The van der Waals surface area contributed by atoms with Crippen LogP contribution in [0.2, 0.25) is 0 Å². The molecule has 0 spiro atoms. The zero-order valence-electron chi connectivity index (χ0n) is 16.1. The van der Waals surface area contributed by atoms with Gasteiger partial charge in [-0.05, 0) is 21.0 Å². The molecule has 0 radical (unpaired) electrons. The van der Waals surface area contributed by atoms with E-state index in [0.29, 0.717) is 6.54 Å². The lowest BCUT2D eigenvalue weighted by Crippen LogP contribution is -2.33. The number of aromatic nitrogens is 4. The highest BCUT2D eigenvalue weighted by molar-refractivity contribution is 7.47. The maximum atomic E-state index is 12.1. The largest absolute Gasteiger partial charge is 0.492 e. The van der Waals surface area contributed by atoms with E-state index in [1.165, 1.54) is 10.9 Å². The summed E-state index contributed by atoms with van der Waals surface area (Å²) in [6.07, 6.45) is -3.22. The number of fused-ring (bicyclic) bond motifs is 1. The Kier molecular flexibility index (Phi) is 6.51. The molecule has 162 valence electrons. The number of nitrogens with zero attached hydrogens (tertiary/aromatic N) is 5. The van der Waals surface area contributed by atoms with E-state index in [-0.39, 0.29) is 17.0 Å². The van der Waals surface area contributed by atoms with Crippen LogP contribution in [-0.2, 0) is 18.3 Å². The minimum atomic E-state index is -4.40. The number of ether oxygens (including phenoxy) is 1. The van der Waals surface area contributed by atoms with Gasteiger partial charge >= 0.3 is 7.82 Å². The SMILES string of the molecule is CC(CN(C)C)OP(=O)(O)OC[C@H]1O[C@@H](n2cnc3c(O)ncnc32)[C@H](O)[C@@H]1O. The summed E-state index contributed by atoms with van der Waals surface area (Å²) in [5.41, 5.74) is 0.282. The molecule has 4 N–H and O–H groups in total. The van der Waals surface area contributed by atoms with E-state index in [1.54, 1.807) is 25.9 Å². The van der Waals surface area contributed by atoms with Crippen LogP contribution in [0.25, 0.3) is 11.2 Å². The van der Waals surface area contributed by atoms with E-state index in [9.17, 15) is 24.8 Å². The number of hydrogen-bond donors (Lipinski definition) is 4. The Balaban J connectivity index is 1.66. The lowest BCUT2D eigenvalue weighted by atomic mass is 10.1. The van der Waals surface area contributed by atoms with Crippen LogP contribution in [0.5, 0.6) is 5.88 Å². The highest BCUT2D eigenvalue weighted by Gasteiger charge is 2.45. The van der Waals surface area contributed by atoms with Gasteiger partial charge in [0.2, 0.25) is 5.88 Å². The standard InChI is InChI=1S/C15H24N5O8P/c1-8(4-19(2)3)28-29(24,25)26-5-9-11(21)12(22)15(27-9)20-7-18-10-13(20)16-6-17-14(10)23/h6-9,11-12,15,21-22H,4-5H2,1-3H3,(H,24,25)(H,16,17,23)/t8?,9-,11-,12-,15-/m1/s1. The van der Waals surface area contributed by atoms with Gasteiger partial charge in [-0.15, -0.1) is 0 Å². The van der Waals surface area contributed by atoms with Gasteiger partial charge in [0.05, 0.1) is 19.0 Å². The number of likely N-dealkylation sites (N-methyl/N-ethyl adjacent to an activating group) is 1. The molecule has 2 unspecified atom stereocenters. The summed E-state index contributed by atoms with van der Waals surface area (Å²) in [5.74, 6) is -0.341. The predicted octanol–water partition coefficient (Wildman–Crippen LogP) is -0.765. The molecular weight excluding hydrogens is 409 g/mol. The number of rotatable bonds is 8. The van der Waals surface area contributed by atoms with Crippen molar-refractivity contribution in [2.75, 3.05) is 27.2 Å². The monoisotopic (exact) mass is 433 g/mol. The third-order valence-electron chi connectivity index (χ3n) is 4.29. The first kappa shape index (κ1) is 22.0. The van der Waals surface area contributed by atoms with Gasteiger partial charge < -0.3 is 29.8 Å². The van der Waals surface area contributed by atoms with Crippen molar-refractivity contribution in [1.29, 1.82) is 0 Å². The molecule has 0 saturated carbocycles. The van der Waals surface area contributed by atoms with Gasteiger partial charge in [0, 0.05) is 6.54 Å². The molecule has 1 saturated heterocycles. The van der Waals surface area contributed by atoms with Crippen molar-refractivity contribution in [2.45, 2.75) is 37.6 Å². The summed E-state index contributed by atoms with van der Waals surface area (Å²) in [5, 5.41) is 30.3. The maximum absolute atomic E-state index is 12.1. The number of hydrogen-bond acceptors (Lipinski definition) is 11. The number of aromatic hydroxyl groups is 1. The molecule has 6 atom stereocenters. The Labute approximate surface area is 166 Å². The van der Waals surface area contributed by atoms with E-state index in [4.69, 9.17) is 13.8 Å². The normalized spacial score (nSPS) is 28.1. The average molecular weight is 433 g/mol. The minimum Gasteiger partial charge on any atom is -0.492 e. The Bertz CT molecular complexity index is 895. The number of phosphoric acid groups is 1. The van der Waals surface area contributed by atoms with Crippen molar-refractivity contribution in [1.82, 2.24) is 24.4 Å². The lowest BCUT2D eigenvalue weighted by molar-refractivity contribution is -0.0525. The van der Waals surface area contributed by atoms with Gasteiger partial charge in [0.15, 0.2) is 17.4 Å². The fourth-order valence-corrected chi connectivity index (χ4v) is 4.01. The third kappa shape index (κ3) is 4.90. The Hall–Kier alpha value is -1.70. The molecule has 14 heteroatoms. The van der Waals surface area contributed by atoms with E-state index >= 15 is 0 Å². The van der Waals surface area contributed by atoms with Crippen molar-refractivity contribution in [3.05, 3.63) is 12.7 Å². The van der Waals surface area contributed by atoms with Crippen molar-refractivity contribution >= 4 is 19.0 Å². The van der Waals surface area contributed by atoms with Crippen molar-refractivity contribution in [2.24, 2.45) is 0 Å². The van der Waals surface area contributed by atoms with Gasteiger partial charge in [-0.1, -0.05) is 0 Å². The summed E-state index contributed by atoms with van der Waals surface area (Å²) in [4.78, 5) is 23.2. The van der Waals surface area contributed by atoms with Gasteiger partial charge in [-0.25, -0.2) is 14.5 Å². The predicted molar refractivity (Wildman–Crippen MR) is 97.8 cm³/mol. The van der Waals surface area contributed by atoms with Crippen LogP contribution in [0, 0.1) is 0 Å². The second-order valence-corrected chi connectivity index (χ2v) is 8.42. The second-order valence-electron chi connectivity index (χ2n) is 7.01. The Morgan fingerprint density at radius 2 is 2.03 bits per heavy atom. The molecule has 13 nitrogen and oxygen atoms in total. The number of aliphatic hydroxyl groups is 2. The zero-order valence-corrected chi connectivity index (χ0v) is 17.0. The lowest BCUT2D eigenvalue weighted by Gasteiger charge is -2.22. The van der Waals surface area contributed by atoms with Gasteiger partial charge in [0.25, 0.3) is 0 Å². The summed E-state index contributed by atoms with van der Waals surface area (Å²) < 4.78 is 29.0. The molecule has 1 aliphatic rings. The Morgan fingerprint density at radius 1 is 1.31 bits per heavy atom. The molecule has 1 aliphatic heterocycles. The van der Waals surface area contributed by atoms with Crippen molar-refractivity contribution in [3.8, 4) is 5.88 Å². The van der Waals surface area contributed by atoms with E-state index < -0.39 is 45.1 Å². The molecule has 0 bridgehead atoms. The molecule has 0 aliphatic carbocycles. The second kappa shape index (κ2) is 8.58. The highest BCUT2D eigenvalue weighted by Crippen LogP contribution is 2.45. The fraction of sp³-hybridized carbons (Fsp3) is 0.667. The highest BCUT2D eigenvalue weighted by atomic mass is 31.2. The molecule has 2 aromatic rings. The summed E-state index contributed by atoms with van der Waals surface area (Å²) in [6.45, 7) is 1.53. The molecule has 0 amide bonds. The van der Waals surface area contributed by atoms with Crippen LogP contribution < -0.4 is 0 Å². The smallest absolute Gasteiger partial charge is 0.472 e. The summed E-state index contributed by atoms with van der Waals surface area (Å²) in [7, 11) is -0.822. The summed E-state index contributed by atoms with van der Waals surface area (Å²) in [6, 6.07) is 0. The molecule has 1 fully saturated rings. The first-order chi connectivity index (χ1) is 13.6. The molecule has 3 heterocycles. The van der Waals surface area contributed by atoms with Gasteiger partial charge in [-0.3, -0.25) is 13.6 Å². The van der Waals surface area contributed by atoms with E-state index in [1.807, 2.05) is 0 Å².